The Hall–Kier alpha value is -2.48. The van der Waals surface area contributed by atoms with Gasteiger partial charge in [-0.1, -0.05) is 6.07 Å². The van der Waals surface area contributed by atoms with Crippen LogP contribution in [0.15, 0.2) is 23.1 Å². The van der Waals surface area contributed by atoms with E-state index < -0.39 is 12.1 Å². The van der Waals surface area contributed by atoms with Crippen molar-refractivity contribution in [3.63, 3.8) is 0 Å². The molecule has 0 aromatic heterocycles. The number of likely N-dealkylation sites (N-methyl/N-ethyl adjacent to an activating group) is 1. The lowest BCUT2D eigenvalue weighted by atomic mass is 10.2. The van der Waals surface area contributed by atoms with Crippen molar-refractivity contribution in [1.82, 2.24) is 4.90 Å². The Morgan fingerprint density at radius 2 is 2.08 bits per heavy atom. The summed E-state index contributed by atoms with van der Waals surface area (Å²) >= 11 is 0.882. The van der Waals surface area contributed by atoms with Crippen molar-refractivity contribution in [2.24, 2.45) is 0 Å². The lowest BCUT2D eigenvalue weighted by Gasteiger charge is -2.14. The molecule has 7 nitrogen and oxygen atoms in total. The van der Waals surface area contributed by atoms with Crippen LogP contribution < -0.4 is 9.47 Å². The van der Waals surface area contributed by atoms with Gasteiger partial charge in [-0.15, -0.1) is 0 Å². The van der Waals surface area contributed by atoms with Gasteiger partial charge in [-0.2, -0.15) is 0 Å². The van der Waals surface area contributed by atoms with Gasteiger partial charge in [-0.25, -0.2) is 4.79 Å². The van der Waals surface area contributed by atoms with Crippen LogP contribution in [0.5, 0.6) is 11.5 Å². The molecule has 1 atom stereocenters. The Bertz CT molecular complexity index is 715. The van der Waals surface area contributed by atoms with E-state index >= 15 is 0 Å². The first kappa shape index (κ1) is 17.9. The minimum atomic E-state index is -1.09. The molecule has 1 aromatic rings. The van der Waals surface area contributed by atoms with Gasteiger partial charge >= 0.3 is 5.97 Å². The number of ether oxygens (including phenoxy) is 2. The second-order valence-corrected chi connectivity index (χ2v) is 5.93. The van der Waals surface area contributed by atoms with Gasteiger partial charge in [0.25, 0.3) is 11.1 Å². The Balaban J connectivity index is 2.27. The van der Waals surface area contributed by atoms with Crippen molar-refractivity contribution >= 4 is 35.0 Å². The summed E-state index contributed by atoms with van der Waals surface area (Å²) in [6.45, 7) is 3.47. The van der Waals surface area contributed by atoms with E-state index in [2.05, 4.69) is 0 Å². The number of aliphatic carboxylic acids is 1. The van der Waals surface area contributed by atoms with Crippen LogP contribution in [0.2, 0.25) is 0 Å². The molecule has 1 fully saturated rings. The molecular formula is C16H17NO6S. The maximum absolute atomic E-state index is 12.1. The maximum atomic E-state index is 12.1. The number of methoxy groups -OCH3 is 1. The Labute approximate surface area is 143 Å². The van der Waals surface area contributed by atoms with Crippen LogP contribution in [0.3, 0.4) is 0 Å². The van der Waals surface area contributed by atoms with Crippen molar-refractivity contribution in [3.8, 4) is 11.5 Å². The van der Waals surface area contributed by atoms with Gasteiger partial charge in [0, 0.05) is 6.54 Å². The molecule has 2 rings (SSSR count). The topological polar surface area (TPSA) is 93.1 Å². The fourth-order valence-corrected chi connectivity index (χ4v) is 2.94. The second-order valence-electron chi connectivity index (χ2n) is 4.93. The number of imide groups is 1. The summed E-state index contributed by atoms with van der Waals surface area (Å²) in [5.74, 6) is -0.793. The average Bonchev–Trinajstić information content (AvgIpc) is 2.81. The van der Waals surface area contributed by atoms with Crippen molar-refractivity contribution in [3.05, 3.63) is 28.7 Å². The monoisotopic (exact) mass is 351 g/mol. The fourth-order valence-electron chi connectivity index (χ4n) is 2.04. The zero-order valence-electron chi connectivity index (χ0n) is 13.4. The van der Waals surface area contributed by atoms with Crippen LogP contribution in [-0.4, -0.2) is 46.9 Å². The van der Waals surface area contributed by atoms with E-state index in [0.717, 1.165) is 11.8 Å². The second kappa shape index (κ2) is 7.39. The molecule has 0 unspecified atom stereocenters. The third-order valence-corrected chi connectivity index (χ3v) is 4.23. The predicted molar refractivity (Wildman–Crippen MR) is 89.1 cm³/mol. The Morgan fingerprint density at radius 3 is 2.62 bits per heavy atom. The minimum Gasteiger partial charge on any atom is -0.493 e. The third-order valence-electron chi connectivity index (χ3n) is 3.33. The van der Waals surface area contributed by atoms with E-state index in [1.165, 1.54) is 18.9 Å². The molecule has 0 saturated carbocycles. The number of carboxylic acids is 1. The van der Waals surface area contributed by atoms with E-state index in [4.69, 9.17) is 14.6 Å². The van der Waals surface area contributed by atoms with E-state index in [1.54, 1.807) is 31.2 Å². The van der Waals surface area contributed by atoms with Crippen LogP contribution in [-0.2, 0) is 9.59 Å². The lowest BCUT2D eigenvalue weighted by Crippen LogP contribution is -2.27. The number of thioether (sulfide) groups is 1. The average molecular weight is 351 g/mol. The van der Waals surface area contributed by atoms with Gasteiger partial charge in [0.2, 0.25) is 0 Å². The fraction of sp³-hybridized carbons (Fsp3) is 0.312. The van der Waals surface area contributed by atoms with E-state index in [0.29, 0.717) is 22.8 Å². The third kappa shape index (κ3) is 3.70. The van der Waals surface area contributed by atoms with Crippen molar-refractivity contribution in [2.75, 3.05) is 13.7 Å². The van der Waals surface area contributed by atoms with E-state index in [9.17, 15) is 14.4 Å². The summed E-state index contributed by atoms with van der Waals surface area (Å²) in [5.41, 5.74) is 0.642. The van der Waals surface area contributed by atoms with Crippen molar-refractivity contribution in [1.29, 1.82) is 0 Å². The van der Waals surface area contributed by atoms with Gasteiger partial charge < -0.3 is 14.6 Å². The summed E-state index contributed by atoms with van der Waals surface area (Å²) in [6.07, 6.45) is 0.568. The quantitative estimate of drug-likeness (QED) is 0.787. The molecule has 128 valence electrons. The number of amides is 2. The number of carbonyl (C=O) groups is 3. The van der Waals surface area contributed by atoms with E-state index in [-0.39, 0.29) is 16.9 Å². The summed E-state index contributed by atoms with van der Waals surface area (Å²) in [5, 5.41) is 8.61. The smallest absolute Gasteiger partial charge is 0.344 e. The number of carbonyl (C=O) groups excluding carboxylic acids is 2. The van der Waals surface area contributed by atoms with Gasteiger partial charge in [0.15, 0.2) is 17.6 Å². The molecule has 1 N–H and O–H groups in total. The number of rotatable bonds is 6. The molecule has 0 bridgehead atoms. The first-order valence-corrected chi connectivity index (χ1v) is 8.01. The first-order valence-electron chi connectivity index (χ1n) is 7.20. The molecule has 1 saturated heterocycles. The number of hydrogen-bond acceptors (Lipinski definition) is 6. The molecule has 1 aliphatic heterocycles. The molecule has 1 heterocycles. The highest BCUT2D eigenvalue weighted by atomic mass is 32.2. The highest BCUT2D eigenvalue weighted by Crippen LogP contribution is 2.34. The highest BCUT2D eigenvalue weighted by Gasteiger charge is 2.33. The normalized spacial score (nSPS) is 17.3. The molecule has 0 radical (unpaired) electrons. The zero-order chi connectivity index (χ0) is 17.9. The molecule has 1 aromatic carbocycles. The number of hydrogen-bond donors (Lipinski definition) is 1. The van der Waals surface area contributed by atoms with E-state index in [1.807, 2.05) is 0 Å². The van der Waals surface area contributed by atoms with Gasteiger partial charge in [0.1, 0.15) is 0 Å². The van der Waals surface area contributed by atoms with Gasteiger partial charge in [-0.05, 0) is 49.4 Å². The van der Waals surface area contributed by atoms with Crippen LogP contribution in [0.4, 0.5) is 4.79 Å². The molecule has 2 amide bonds. The SMILES string of the molecule is CCN1C(=O)S/C(=C\c2ccc(O[C@@H](C)C(=O)O)c(OC)c2)C1=O. The zero-order valence-corrected chi connectivity index (χ0v) is 14.3. The standard InChI is InChI=1S/C16H17NO6S/c1-4-17-14(18)13(24-16(17)21)8-10-5-6-11(12(7-10)22-3)23-9(2)15(19)20/h5-9H,4H2,1-3H3,(H,19,20)/b13-8-/t9-/m0/s1. The highest BCUT2D eigenvalue weighted by molar-refractivity contribution is 8.18. The number of nitrogens with zero attached hydrogens (tertiary/aromatic N) is 1. The summed E-state index contributed by atoms with van der Waals surface area (Å²) in [4.78, 5) is 36.2. The first-order chi connectivity index (χ1) is 11.4. The Kier molecular flexibility index (Phi) is 5.50. The largest absolute Gasteiger partial charge is 0.493 e. The van der Waals surface area contributed by atoms with Crippen LogP contribution in [0.25, 0.3) is 6.08 Å². The van der Waals surface area contributed by atoms with Crippen molar-refractivity contribution < 1.29 is 29.0 Å². The molecule has 24 heavy (non-hydrogen) atoms. The van der Waals surface area contributed by atoms with Gasteiger partial charge in [0.05, 0.1) is 12.0 Å². The van der Waals surface area contributed by atoms with Gasteiger partial charge in [-0.3, -0.25) is 14.5 Å². The summed E-state index contributed by atoms with van der Waals surface area (Å²) in [6, 6.07) is 4.84. The maximum Gasteiger partial charge on any atom is 0.344 e. The van der Waals surface area contributed by atoms with Crippen LogP contribution in [0.1, 0.15) is 19.4 Å². The molecular weight excluding hydrogens is 334 g/mol. The molecule has 0 aliphatic carbocycles. The van der Waals surface area contributed by atoms with Crippen LogP contribution in [0, 0.1) is 0 Å². The van der Waals surface area contributed by atoms with Crippen molar-refractivity contribution in [2.45, 2.75) is 20.0 Å². The summed E-state index contributed by atoms with van der Waals surface area (Å²) in [7, 11) is 1.43. The minimum absolute atomic E-state index is 0.284. The Morgan fingerprint density at radius 1 is 1.38 bits per heavy atom. The lowest BCUT2D eigenvalue weighted by molar-refractivity contribution is -0.144. The molecule has 8 heteroatoms. The van der Waals surface area contributed by atoms with Crippen LogP contribution >= 0.6 is 11.8 Å². The summed E-state index contributed by atoms with van der Waals surface area (Å²) < 4.78 is 10.5. The number of carboxylic acid groups (broad SMARTS) is 1. The predicted octanol–water partition coefficient (Wildman–Crippen LogP) is 2.60. The molecule has 1 aliphatic rings. The number of benzene rings is 1. The molecule has 0 spiro atoms.